The fourth-order valence-electron chi connectivity index (χ4n) is 1.73. The molecule has 0 fully saturated rings. The number of esters is 1. The summed E-state index contributed by atoms with van der Waals surface area (Å²) in [6.45, 7) is 2.24. The summed E-state index contributed by atoms with van der Waals surface area (Å²) in [6.07, 6.45) is 0. The molecule has 0 spiro atoms. The van der Waals surface area contributed by atoms with Gasteiger partial charge in [-0.3, -0.25) is 4.79 Å². The van der Waals surface area contributed by atoms with E-state index in [0.717, 1.165) is 0 Å². The molecular weight excluding hydrogens is 252 g/mol. The van der Waals surface area contributed by atoms with Gasteiger partial charge in [-0.05, 0) is 12.1 Å². The third kappa shape index (κ3) is 3.14. The van der Waals surface area contributed by atoms with Crippen LogP contribution in [0, 0.1) is 17.2 Å². The minimum atomic E-state index is -0.276. The summed E-state index contributed by atoms with van der Waals surface area (Å²) in [4.78, 5) is 13.2. The number of ether oxygens (including phenoxy) is 1. The number of anilines is 1. The molecule has 0 saturated heterocycles. The number of halogens is 1. The lowest BCUT2D eigenvalue weighted by molar-refractivity contribution is -0.144. The van der Waals surface area contributed by atoms with Gasteiger partial charge in [0.15, 0.2) is 0 Å². The van der Waals surface area contributed by atoms with Crippen LogP contribution in [-0.4, -0.2) is 26.7 Å². The normalized spacial score (nSPS) is 11.5. The molecule has 0 N–H and O–H groups in total. The molecule has 1 atom stereocenters. The lowest BCUT2D eigenvalue weighted by Gasteiger charge is -2.23. The van der Waals surface area contributed by atoms with Crippen molar-refractivity contribution < 1.29 is 9.53 Å². The molecule has 1 aromatic carbocycles. The summed E-state index contributed by atoms with van der Waals surface area (Å²) in [7, 11) is 3.17. The number of rotatable bonds is 4. The third-order valence-electron chi connectivity index (χ3n) is 2.67. The highest BCUT2D eigenvalue weighted by molar-refractivity contribution is 6.32. The Kier molecular flexibility index (Phi) is 4.99. The van der Waals surface area contributed by atoms with Gasteiger partial charge in [0.1, 0.15) is 6.07 Å². The molecular formula is C13H15ClN2O2. The van der Waals surface area contributed by atoms with Crippen molar-refractivity contribution in [2.75, 3.05) is 25.6 Å². The summed E-state index contributed by atoms with van der Waals surface area (Å²) in [5, 5.41) is 9.49. The fourth-order valence-corrected chi connectivity index (χ4v) is 1.94. The Morgan fingerprint density at radius 3 is 2.83 bits per heavy atom. The highest BCUT2D eigenvalue weighted by Gasteiger charge is 2.18. The van der Waals surface area contributed by atoms with Gasteiger partial charge in [-0.2, -0.15) is 5.26 Å². The fraction of sp³-hybridized carbons (Fsp3) is 0.385. The van der Waals surface area contributed by atoms with Crippen molar-refractivity contribution in [3.05, 3.63) is 28.8 Å². The van der Waals surface area contributed by atoms with E-state index in [9.17, 15) is 4.79 Å². The van der Waals surface area contributed by atoms with Crippen molar-refractivity contribution in [2.45, 2.75) is 6.92 Å². The summed E-state index contributed by atoms with van der Waals surface area (Å²) < 4.78 is 4.67. The summed E-state index contributed by atoms with van der Waals surface area (Å²) >= 11 is 5.96. The lowest BCUT2D eigenvalue weighted by Crippen LogP contribution is -2.29. The Bertz CT molecular complexity index is 482. The van der Waals surface area contributed by atoms with E-state index in [-0.39, 0.29) is 11.9 Å². The molecule has 0 aliphatic heterocycles. The average Bonchev–Trinajstić information content (AvgIpc) is 2.37. The summed E-state index contributed by atoms with van der Waals surface area (Å²) in [5.74, 6) is -0.548. The summed E-state index contributed by atoms with van der Waals surface area (Å²) in [5.41, 5.74) is 1.12. The Balaban J connectivity index is 2.92. The largest absolute Gasteiger partial charge is 0.469 e. The lowest BCUT2D eigenvalue weighted by atomic mass is 10.1. The summed E-state index contributed by atoms with van der Waals surface area (Å²) in [6, 6.07) is 7.31. The Hall–Kier alpha value is -1.73. The van der Waals surface area contributed by atoms with E-state index in [0.29, 0.717) is 22.8 Å². The molecule has 5 heteroatoms. The monoisotopic (exact) mass is 266 g/mol. The van der Waals surface area contributed by atoms with E-state index < -0.39 is 0 Å². The quantitative estimate of drug-likeness (QED) is 0.786. The predicted octanol–water partition coefficient (Wildman–Crippen LogP) is 2.46. The molecule has 0 bridgehead atoms. The van der Waals surface area contributed by atoms with Gasteiger partial charge in [0, 0.05) is 13.6 Å². The van der Waals surface area contributed by atoms with Crippen LogP contribution >= 0.6 is 11.6 Å². The van der Waals surface area contributed by atoms with Crippen LogP contribution in [0.3, 0.4) is 0 Å². The molecule has 0 amide bonds. The Labute approximate surface area is 112 Å². The molecule has 1 unspecified atom stereocenters. The zero-order chi connectivity index (χ0) is 13.7. The average molecular weight is 267 g/mol. The number of nitrogens with zero attached hydrogens (tertiary/aromatic N) is 2. The van der Waals surface area contributed by atoms with Gasteiger partial charge < -0.3 is 9.64 Å². The SMILES string of the molecule is COC(=O)C(C)CN(C)c1cccc(Cl)c1C#N. The zero-order valence-corrected chi connectivity index (χ0v) is 11.4. The minimum absolute atomic E-state index is 0.273. The zero-order valence-electron chi connectivity index (χ0n) is 10.6. The smallest absolute Gasteiger partial charge is 0.310 e. The highest BCUT2D eigenvalue weighted by atomic mass is 35.5. The van der Waals surface area contributed by atoms with Crippen LogP contribution < -0.4 is 4.90 Å². The first-order chi connectivity index (χ1) is 8.51. The van der Waals surface area contributed by atoms with E-state index in [4.69, 9.17) is 16.9 Å². The standard InChI is InChI=1S/C13H15ClN2O2/c1-9(13(17)18-3)8-16(2)12-6-4-5-11(14)10(12)7-15/h4-6,9H,8H2,1-3H3. The van der Waals surface area contributed by atoms with Gasteiger partial charge in [-0.15, -0.1) is 0 Å². The first-order valence-corrected chi connectivity index (χ1v) is 5.86. The first-order valence-electron chi connectivity index (χ1n) is 5.48. The molecule has 96 valence electrons. The maximum absolute atomic E-state index is 11.4. The van der Waals surface area contributed by atoms with E-state index >= 15 is 0 Å². The molecule has 0 aliphatic carbocycles. The van der Waals surface area contributed by atoms with Gasteiger partial charge in [0.05, 0.1) is 29.3 Å². The van der Waals surface area contributed by atoms with Crippen LogP contribution in [0.15, 0.2) is 18.2 Å². The van der Waals surface area contributed by atoms with Gasteiger partial charge in [-0.1, -0.05) is 24.6 Å². The Morgan fingerprint density at radius 2 is 2.28 bits per heavy atom. The van der Waals surface area contributed by atoms with Crippen LogP contribution in [0.25, 0.3) is 0 Å². The van der Waals surface area contributed by atoms with Crippen molar-refractivity contribution >= 4 is 23.3 Å². The molecule has 18 heavy (non-hydrogen) atoms. The molecule has 0 radical (unpaired) electrons. The number of carbonyl (C=O) groups excluding carboxylic acids is 1. The van der Waals surface area contributed by atoms with E-state index in [2.05, 4.69) is 10.8 Å². The molecule has 1 aromatic rings. The van der Waals surface area contributed by atoms with Crippen LogP contribution in [0.4, 0.5) is 5.69 Å². The van der Waals surface area contributed by atoms with Crippen molar-refractivity contribution in [1.82, 2.24) is 0 Å². The van der Waals surface area contributed by atoms with E-state index in [1.165, 1.54) is 7.11 Å². The topological polar surface area (TPSA) is 53.3 Å². The number of hydrogen-bond acceptors (Lipinski definition) is 4. The number of hydrogen-bond donors (Lipinski definition) is 0. The van der Waals surface area contributed by atoms with Gasteiger partial charge in [0.25, 0.3) is 0 Å². The van der Waals surface area contributed by atoms with Crippen LogP contribution in [0.2, 0.25) is 5.02 Å². The maximum Gasteiger partial charge on any atom is 0.310 e. The predicted molar refractivity (Wildman–Crippen MR) is 70.6 cm³/mol. The van der Waals surface area contributed by atoms with Crippen molar-refractivity contribution in [2.24, 2.45) is 5.92 Å². The minimum Gasteiger partial charge on any atom is -0.469 e. The number of benzene rings is 1. The highest BCUT2D eigenvalue weighted by Crippen LogP contribution is 2.26. The molecule has 0 heterocycles. The van der Waals surface area contributed by atoms with Crippen LogP contribution in [0.1, 0.15) is 12.5 Å². The van der Waals surface area contributed by atoms with E-state index in [1.807, 2.05) is 11.9 Å². The van der Waals surface area contributed by atoms with Gasteiger partial charge in [-0.25, -0.2) is 0 Å². The molecule has 0 aromatic heterocycles. The van der Waals surface area contributed by atoms with Crippen LogP contribution in [0.5, 0.6) is 0 Å². The number of nitriles is 1. The second kappa shape index (κ2) is 6.27. The second-order valence-corrected chi connectivity index (χ2v) is 4.46. The maximum atomic E-state index is 11.4. The van der Waals surface area contributed by atoms with Gasteiger partial charge in [0.2, 0.25) is 0 Å². The molecule has 0 saturated carbocycles. The molecule has 4 nitrogen and oxygen atoms in total. The van der Waals surface area contributed by atoms with Crippen LogP contribution in [-0.2, 0) is 9.53 Å². The molecule has 1 rings (SSSR count). The van der Waals surface area contributed by atoms with E-state index in [1.54, 1.807) is 25.1 Å². The first kappa shape index (κ1) is 14.3. The van der Waals surface area contributed by atoms with Crippen molar-refractivity contribution in [3.63, 3.8) is 0 Å². The van der Waals surface area contributed by atoms with Crippen molar-refractivity contribution in [1.29, 1.82) is 5.26 Å². The Morgan fingerprint density at radius 1 is 1.61 bits per heavy atom. The third-order valence-corrected chi connectivity index (χ3v) is 2.98. The number of methoxy groups -OCH3 is 1. The molecule has 0 aliphatic rings. The second-order valence-electron chi connectivity index (χ2n) is 4.05. The van der Waals surface area contributed by atoms with Crippen molar-refractivity contribution in [3.8, 4) is 6.07 Å². The number of carbonyl (C=O) groups is 1. The van der Waals surface area contributed by atoms with Gasteiger partial charge >= 0.3 is 5.97 Å².